The van der Waals surface area contributed by atoms with Crippen LogP contribution in [-0.4, -0.2) is 0 Å². The van der Waals surface area contributed by atoms with E-state index in [1.165, 1.54) is 38.5 Å². The maximum absolute atomic E-state index is 2.38. The van der Waals surface area contributed by atoms with Gasteiger partial charge < -0.3 is 0 Å². The number of allylic oxidation sites excluding steroid dienone is 4. The van der Waals surface area contributed by atoms with Crippen LogP contribution in [0.1, 0.15) is 45.4 Å². The molecule has 0 radical (unpaired) electrons. The van der Waals surface area contributed by atoms with Gasteiger partial charge in [-0.1, -0.05) is 44.1 Å². The Kier molecular flexibility index (Phi) is 4.82. The monoisotopic (exact) mass is 164 g/mol. The van der Waals surface area contributed by atoms with E-state index in [1.807, 2.05) is 0 Å². The fraction of sp³-hybridized carbons (Fsp3) is 0.667. The van der Waals surface area contributed by atoms with Crippen LogP contribution in [0.25, 0.3) is 0 Å². The molecule has 12 heavy (non-hydrogen) atoms. The number of rotatable bonds is 4. The van der Waals surface area contributed by atoms with Crippen molar-refractivity contribution in [2.75, 3.05) is 0 Å². The van der Waals surface area contributed by atoms with E-state index >= 15 is 0 Å². The summed E-state index contributed by atoms with van der Waals surface area (Å²) in [4.78, 5) is 0. The zero-order valence-corrected chi connectivity index (χ0v) is 8.13. The lowest BCUT2D eigenvalue weighted by molar-refractivity contribution is 0.628. The minimum atomic E-state index is 0.746. The van der Waals surface area contributed by atoms with Crippen molar-refractivity contribution < 1.29 is 0 Å². The van der Waals surface area contributed by atoms with E-state index in [-0.39, 0.29) is 0 Å². The van der Waals surface area contributed by atoms with E-state index in [2.05, 4.69) is 31.2 Å². The Morgan fingerprint density at radius 1 is 1.50 bits per heavy atom. The Labute approximate surface area is 76.4 Å². The van der Waals surface area contributed by atoms with Crippen LogP contribution in [0.3, 0.4) is 0 Å². The molecule has 0 bridgehead atoms. The molecule has 0 fully saturated rings. The Hall–Kier alpha value is -0.520. The third-order valence-electron chi connectivity index (χ3n) is 2.40. The molecule has 0 spiro atoms. The highest BCUT2D eigenvalue weighted by molar-refractivity contribution is 5.03. The quantitative estimate of drug-likeness (QED) is 0.433. The summed E-state index contributed by atoms with van der Waals surface area (Å²) in [6.07, 6.45) is 17.3. The molecule has 0 unspecified atom stereocenters. The smallest absolute Gasteiger partial charge is 0.00534 e. The third kappa shape index (κ3) is 3.75. The van der Waals surface area contributed by atoms with Gasteiger partial charge in [-0.15, -0.1) is 0 Å². The lowest BCUT2D eigenvalue weighted by atomic mass is 9.95. The molecule has 1 aliphatic rings. The molecule has 1 aliphatic carbocycles. The molecule has 0 heterocycles. The second kappa shape index (κ2) is 6.05. The van der Waals surface area contributed by atoms with Crippen LogP contribution in [0, 0.1) is 5.92 Å². The highest BCUT2D eigenvalue weighted by atomic mass is 14.1. The van der Waals surface area contributed by atoms with Crippen molar-refractivity contribution in [2.24, 2.45) is 5.92 Å². The van der Waals surface area contributed by atoms with Gasteiger partial charge in [0.2, 0.25) is 0 Å². The molecule has 0 saturated heterocycles. The Bertz CT molecular complexity index is 153. The van der Waals surface area contributed by atoms with E-state index in [1.54, 1.807) is 0 Å². The number of hydrogen-bond acceptors (Lipinski definition) is 0. The molecule has 0 aliphatic heterocycles. The molecule has 0 N–H and O–H groups in total. The van der Waals surface area contributed by atoms with E-state index in [4.69, 9.17) is 0 Å². The summed E-state index contributed by atoms with van der Waals surface area (Å²) in [5, 5.41) is 0. The van der Waals surface area contributed by atoms with Gasteiger partial charge >= 0.3 is 0 Å². The van der Waals surface area contributed by atoms with Gasteiger partial charge in [0.05, 0.1) is 0 Å². The van der Waals surface area contributed by atoms with Gasteiger partial charge in [-0.25, -0.2) is 0 Å². The van der Waals surface area contributed by atoms with Crippen LogP contribution in [0.5, 0.6) is 0 Å². The molecule has 1 rings (SSSR count). The fourth-order valence-corrected chi connectivity index (χ4v) is 1.59. The summed E-state index contributed by atoms with van der Waals surface area (Å²) in [5.41, 5.74) is 0. The SMILES string of the molecule is CCCC/C=C\[C@@H]1C=CCCC1. The summed E-state index contributed by atoms with van der Waals surface area (Å²) >= 11 is 0. The summed E-state index contributed by atoms with van der Waals surface area (Å²) < 4.78 is 0. The topological polar surface area (TPSA) is 0 Å². The van der Waals surface area contributed by atoms with Gasteiger partial charge in [0.25, 0.3) is 0 Å². The lowest BCUT2D eigenvalue weighted by Crippen LogP contribution is -1.95. The van der Waals surface area contributed by atoms with Crippen LogP contribution in [0.2, 0.25) is 0 Å². The van der Waals surface area contributed by atoms with Crippen molar-refractivity contribution in [3.63, 3.8) is 0 Å². The Morgan fingerprint density at radius 3 is 3.08 bits per heavy atom. The van der Waals surface area contributed by atoms with Crippen molar-refractivity contribution in [1.29, 1.82) is 0 Å². The van der Waals surface area contributed by atoms with Crippen LogP contribution in [0.4, 0.5) is 0 Å². The third-order valence-corrected chi connectivity index (χ3v) is 2.40. The first kappa shape index (κ1) is 9.57. The molecule has 1 atom stereocenters. The number of unbranched alkanes of at least 4 members (excludes halogenated alkanes) is 2. The lowest BCUT2D eigenvalue weighted by Gasteiger charge is -2.11. The second-order valence-electron chi connectivity index (χ2n) is 3.59. The van der Waals surface area contributed by atoms with Crippen LogP contribution < -0.4 is 0 Å². The molecule has 68 valence electrons. The average molecular weight is 164 g/mol. The zero-order valence-electron chi connectivity index (χ0n) is 8.13. The average Bonchev–Trinajstić information content (AvgIpc) is 2.14. The molecule has 0 amide bonds. The van der Waals surface area contributed by atoms with E-state index in [0.717, 1.165) is 5.92 Å². The summed E-state index contributed by atoms with van der Waals surface area (Å²) in [6, 6.07) is 0. The first-order valence-corrected chi connectivity index (χ1v) is 5.27. The first-order chi connectivity index (χ1) is 5.93. The maximum Gasteiger partial charge on any atom is -0.00534 e. The van der Waals surface area contributed by atoms with Crippen molar-refractivity contribution in [3.05, 3.63) is 24.3 Å². The molecular formula is C12H20. The normalized spacial score (nSPS) is 23.6. The highest BCUT2D eigenvalue weighted by Gasteiger charge is 2.02. The van der Waals surface area contributed by atoms with Crippen molar-refractivity contribution in [3.8, 4) is 0 Å². The van der Waals surface area contributed by atoms with E-state index in [0.29, 0.717) is 0 Å². The van der Waals surface area contributed by atoms with Crippen molar-refractivity contribution >= 4 is 0 Å². The maximum atomic E-state index is 2.38. The minimum Gasteiger partial charge on any atom is -0.0879 e. The predicted molar refractivity (Wildman–Crippen MR) is 55.1 cm³/mol. The van der Waals surface area contributed by atoms with Crippen LogP contribution in [-0.2, 0) is 0 Å². The summed E-state index contributed by atoms with van der Waals surface area (Å²) in [7, 11) is 0. The molecular weight excluding hydrogens is 144 g/mol. The van der Waals surface area contributed by atoms with Gasteiger partial charge in [-0.05, 0) is 31.6 Å². The number of hydrogen-bond donors (Lipinski definition) is 0. The van der Waals surface area contributed by atoms with Gasteiger partial charge in [-0.2, -0.15) is 0 Å². The molecule has 0 saturated carbocycles. The molecule has 0 aromatic heterocycles. The summed E-state index contributed by atoms with van der Waals surface area (Å²) in [6.45, 7) is 2.24. The minimum absolute atomic E-state index is 0.746. The van der Waals surface area contributed by atoms with Crippen LogP contribution in [0.15, 0.2) is 24.3 Å². The van der Waals surface area contributed by atoms with Crippen molar-refractivity contribution in [1.82, 2.24) is 0 Å². The first-order valence-electron chi connectivity index (χ1n) is 5.27. The van der Waals surface area contributed by atoms with Gasteiger partial charge in [-0.3, -0.25) is 0 Å². The Balaban J connectivity index is 2.15. The zero-order chi connectivity index (χ0) is 8.65. The predicted octanol–water partition coefficient (Wildman–Crippen LogP) is 4.09. The highest BCUT2D eigenvalue weighted by Crippen LogP contribution is 2.18. The molecule has 0 nitrogen and oxygen atoms in total. The standard InChI is InChI=1S/C12H20/c1-2-3-4-6-9-12-10-7-5-8-11-12/h6-7,9-10,12H,2-5,8,11H2,1H3/b9-6-/t12-/m1/s1. The van der Waals surface area contributed by atoms with E-state index in [9.17, 15) is 0 Å². The molecule has 0 aromatic rings. The van der Waals surface area contributed by atoms with Gasteiger partial charge in [0.15, 0.2) is 0 Å². The van der Waals surface area contributed by atoms with Crippen molar-refractivity contribution in [2.45, 2.75) is 45.4 Å². The van der Waals surface area contributed by atoms with Crippen LogP contribution >= 0.6 is 0 Å². The van der Waals surface area contributed by atoms with E-state index < -0.39 is 0 Å². The summed E-state index contributed by atoms with van der Waals surface area (Å²) in [5.74, 6) is 0.746. The molecule has 0 aromatic carbocycles. The molecule has 0 heteroatoms. The fourth-order valence-electron chi connectivity index (χ4n) is 1.59. The van der Waals surface area contributed by atoms with Gasteiger partial charge in [0.1, 0.15) is 0 Å². The second-order valence-corrected chi connectivity index (χ2v) is 3.59. The van der Waals surface area contributed by atoms with Gasteiger partial charge in [0, 0.05) is 0 Å². The Morgan fingerprint density at radius 2 is 2.42 bits per heavy atom. The largest absolute Gasteiger partial charge is 0.0879 e.